The molecule has 3 heterocycles. The van der Waals surface area contributed by atoms with E-state index in [1.165, 1.54) is 16.9 Å². The molecule has 2 aromatic heterocycles. The van der Waals surface area contributed by atoms with E-state index in [9.17, 15) is 4.79 Å². The van der Waals surface area contributed by atoms with Gasteiger partial charge in [0.15, 0.2) is 5.82 Å². The molecule has 1 saturated carbocycles. The molecule has 1 aromatic carbocycles. The first-order valence-corrected chi connectivity index (χ1v) is 10.1. The SMILES string of the molecule is O=C(c1nn2c(C3CC3)nnc2s1)N1CCC(Cc2ccccc2)CC1. The lowest BCUT2D eigenvalue weighted by molar-refractivity contribution is 0.0689. The molecule has 26 heavy (non-hydrogen) atoms. The molecule has 1 aliphatic heterocycles. The maximum atomic E-state index is 12.8. The van der Waals surface area contributed by atoms with Gasteiger partial charge in [0, 0.05) is 19.0 Å². The van der Waals surface area contributed by atoms with Crippen molar-refractivity contribution in [2.45, 2.75) is 38.0 Å². The Kier molecular flexibility index (Phi) is 3.96. The summed E-state index contributed by atoms with van der Waals surface area (Å²) < 4.78 is 1.78. The predicted molar refractivity (Wildman–Crippen MR) is 99.4 cm³/mol. The third-order valence-electron chi connectivity index (χ3n) is 5.41. The maximum Gasteiger partial charge on any atom is 0.284 e. The van der Waals surface area contributed by atoms with Crippen LogP contribution in [-0.4, -0.2) is 43.7 Å². The Bertz CT molecular complexity index is 922. The molecule has 0 bridgehead atoms. The number of benzene rings is 1. The lowest BCUT2D eigenvalue weighted by Crippen LogP contribution is -2.39. The van der Waals surface area contributed by atoms with Gasteiger partial charge in [0.2, 0.25) is 9.97 Å². The van der Waals surface area contributed by atoms with Crippen LogP contribution in [0.3, 0.4) is 0 Å². The second-order valence-electron chi connectivity index (χ2n) is 7.36. The third-order valence-corrected chi connectivity index (χ3v) is 6.30. The number of aromatic nitrogens is 4. The second-order valence-corrected chi connectivity index (χ2v) is 8.32. The molecule has 5 rings (SSSR count). The Morgan fingerprint density at radius 3 is 2.58 bits per heavy atom. The zero-order chi connectivity index (χ0) is 17.5. The van der Waals surface area contributed by atoms with E-state index in [4.69, 9.17) is 0 Å². The summed E-state index contributed by atoms with van der Waals surface area (Å²) in [5.41, 5.74) is 1.39. The number of fused-ring (bicyclic) bond motifs is 1. The van der Waals surface area contributed by atoms with Crippen LogP contribution in [0.2, 0.25) is 0 Å². The van der Waals surface area contributed by atoms with Crippen LogP contribution in [0.25, 0.3) is 4.96 Å². The highest BCUT2D eigenvalue weighted by atomic mass is 32.1. The minimum atomic E-state index is 0.0420. The molecule has 1 amide bonds. The molecule has 0 radical (unpaired) electrons. The first kappa shape index (κ1) is 15.9. The maximum absolute atomic E-state index is 12.8. The molecule has 1 aliphatic carbocycles. The van der Waals surface area contributed by atoms with Crippen molar-refractivity contribution in [1.29, 1.82) is 0 Å². The van der Waals surface area contributed by atoms with Crippen molar-refractivity contribution in [2.75, 3.05) is 13.1 Å². The van der Waals surface area contributed by atoms with Crippen molar-refractivity contribution in [3.05, 3.63) is 46.7 Å². The highest BCUT2D eigenvalue weighted by Crippen LogP contribution is 2.39. The number of rotatable bonds is 4. The topological polar surface area (TPSA) is 63.4 Å². The molecule has 0 N–H and O–H groups in total. The predicted octanol–water partition coefficient (Wildman–Crippen LogP) is 3.16. The fraction of sp³-hybridized carbons (Fsp3) is 0.474. The molecule has 134 valence electrons. The molecule has 6 nitrogen and oxygen atoms in total. The van der Waals surface area contributed by atoms with Gasteiger partial charge in [-0.3, -0.25) is 4.79 Å². The fourth-order valence-electron chi connectivity index (χ4n) is 3.74. The monoisotopic (exact) mass is 367 g/mol. The standard InChI is InChI=1S/C19H21N5OS/c25-18(17-22-24-16(15-6-7-15)20-21-19(24)26-17)23-10-8-14(9-11-23)12-13-4-2-1-3-5-13/h1-5,14-15H,6-12H2. The van der Waals surface area contributed by atoms with Gasteiger partial charge in [-0.1, -0.05) is 41.7 Å². The zero-order valence-electron chi connectivity index (χ0n) is 14.5. The number of amides is 1. The summed E-state index contributed by atoms with van der Waals surface area (Å²) in [6.07, 6.45) is 5.51. The van der Waals surface area contributed by atoms with Gasteiger partial charge in [-0.05, 0) is 43.6 Å². The summed E-state index contributed by atoms with van der Waals surface area (Å²) in [6, 6.07) is 10.6. The Balaban J connectivity index is 1.24. The fourth-order valence-corrected chi connectivity index (χ4v) is 4.55. The van der Waals surface area contributed by atoms with Crippen LogP contribution in [0.1, 0.15) is 52.8 Å². The number of carbonyl (C=O) groups excluding carboxylic acids is 1. The van der Waals surface area contributed by atoms with Gasteiger partial charge in [0.05, 0.1) is 0 Å². The molecule has 2 aliphatic rings. The normalized spacial score (nSPS) is 18.5. The van der Waals surface area contributed by atoms with Gasteiger partial charge in [-0.15, -0.1) is 15.3 Å². The van der Waals surface area contributed by atoms with Gasteiger partial charge < -0.3 is 4.90 Å². The Morgan fingerprint density at radius 2 is 1.85 bits per heavy atom. The van der Waals surface area contributed by atoms with Crippen molar-refractivity contribution in [3.63, 3.8) is 0 Å². The van der Waals surface area contributed by atoms with Crippen molar-refractivity contribution in [1.82, 2.24) is 24.7 Å². The summed E-state index contributed by atoms with van der Waals surface area (Å²) in [5, 5.41) is 13.5. The average Bonchev–Trinajstić information content (AvgIpc) is 3.30. The quantitative estimate of drug-likeness (QED) is 0.711. The Labute approximate surface area is 155 Å². The molecular formula is C19H21N5OS. The minimum absolute atomic E-state index is 0.0420. The first-order chi connectivity index (χ1) is 12.8. The van der Waals surface area contributed by atoms with Gasteiger partial charge in [-0.2, -0.15) is 4.52 Å². The van der Waals surface area contributed by atoms with Crippen molar-refractivity contribution < 1.29 is 4.79 Å². The molecule has 1 saturated heterocycles. The smallest absolute Gasteiger partial charge is 0.284 e. The third kappa shape index (κ3) is 3.00. The van der Waals surface area contributed by atoms with Crippen molar-refractivity contribution in [3.8, 4) is 0 Å². The van der Waals surface area contributed by atoms with Crippen LogP contribution < -0.4 is 0 Å². The van der Waals surface area contributed by atoms with Crippen molar-refractivity contribution in [2.24, 2.45) is 5.92 Å². The van der Waals surface area contributed by atoms with Crippen LogP contribution in [-0.2, 0) is 6.42 Å². The number of likely N-dealkylation sites (tertiary alicyclic amines) is 1. The van der Waals surface area contributed by atoms with Crippen molar-refractivity contribution >= 4 is 22.2 Å². The number of carbonyl (C=O) groups is 1. The van der Waals surface area contributed by atoms with E-state index in [1.54, 1.807) is 4.52 Å². The Morgan fingerprint density at radius 1 is 1.08 bits per heavy atom. The van der Waals surface area contributed by atoms with E-state index in [0.717, 1.165) is 56.0 Å². The summed E-state index contributed by atoms with van der Waals surface area (Å²) in [7, 11) is 0. The summed E-state index contributed by atoms with van der Waals surface area (Å²) in [6.45, 7) is 1.62. The van der Waals surface area contributed by atoms with Crippen LogP contribution >= 0.6 is 11.3 Å². The molecule has 0 unspecified atom stereocenters. The lowest BCUT2D eigenvalue weighted by Gasteiger charge is -2.31. The number of hydrogen-bond acceptors (Lipinski definition) is 5. The van der Waals surface area contributed by atoms with Gasteiger partial charge >= 0.3 is 0 Å². The lowest BCUT2D eigenvalue weighted by atomic mass is 9.90. The summed E-state index contributed by atoms with van der Waals surface area (Å²) in [4.78, 5) is 15.5. The highest BCUT2D eigenvalue weighted by Gasteiger charge is 2.31. The second kappa shape index (κ2) is 6.46. The largest absolute Gasteiger partial charge is 0.337 e. The van der Waals surface area contributed by atoms with Crippen LogP contribution in [0, 0.1) is 5.92 Å². The first-order valence-electron chi connectivity index (χ1n) is 9.33. The zero-order valence-corrected chi connectivity index (χ0v) is 15.4. The van der Waals surface area contributed by atoms with E-state index in [-0.39, 0.29) is 5.91 Å². The summed E-state index contributed by atoms with van der Waals surface area (Å²) >= 11 is 1.36. The van der Waals surface area contributed by atoms with Crippen LogP contribution in [0.5, 0.6) is 0 Å². The number of nitrogens with zero attached hydrogens (tertiary/aromatic N) is 5. The van der Waals surface area contributed by atoms with Gasteiger partial charge in [-0.25, -0.2) is 0 Å². The highest BCUT2D eigenvalue weighted by molar-refractivity contribution is 7.18. The van der Waals surface area contributed by atoms with E-state index in [2.05, 4.69) is 45.6 Å². The van der Waals surface area contributed by atoms with Crippen LogP contribution in [0.4, 0.5) is 0 Å². The molecule has 3 aromatic rings. The summed E-state index contributed by atoms with van der Waals surface area (Å²) in [5.74, 6) is 2.08. The van der Waals surface area contributed by atoms with Crippen LogP contribution in [0.15, 0.2) is 30.3 Å². The van der Waals surface area contributed by atoms with E-state index in [1.807, 2.05) is 4.90 Å². The number of piperidine rings is 1. The molecule has 2 fully saturated rings. The van der Waals surface area contributed by atoms with E-state index >= 15 is 0 Å². The van der Waals surface area contributed by atoms with E-state index < -0.39 is 0 Å². The van der Waals surface area contributed by atoms with Gasteiger partial charge in [0.1, 0.15) is 0 Å². The van der Waals surface area contributed by atoms with Gasteiger partial charge in [0.25, 0.3) is 5.91 Å². The average molecular weight is 367 g/mol. The number of hydrogen-bond donors (Lipinski definition) is 0. The molecule has 0 atom stereocenters. The molecule has 7 heteroatoms. The minimum Gasteiger partial charge on any atom is -0.337 e. The molecular weight excluding hydrogens is 346 g/mol. The molecule has 0 spiro atoms. The van der Waals surface area contributed by atoms with E-state index in [0.29, 0.717) is 16.8 Å². The Hall–Kier alpha value is -2.28.